The first-order valence-corrected chi connectivity index (χ1v) is 17.7. The SMILES string of the molecule is COc1nc(-c2cccc(-c3cccc(-c4cc5c(c(OC)n4)C(NCC4CCC(=O)N4)CO5)c3Cl)c2Cl)cnc1CN1CCN(C(C)=O)CC1. The third-order valence-corrected chi connectivity index (χ3v) is 10.5. The van der Waals surface area contributed by atoms with Crippen molar-refractivity contribution in [2.45, 2.75) is 38.4 Å². The number of carbonyl (C=O) groups excluding carboxylic acids is 2. The summed E-state index contributed by atoms with van der Waals surface area (Å²) in [7, 11) is 3.17. The molecule has 12 nitrogen and oxygen atoms in total. The highest BCUT2D eigenvalue weighted by molar-refractivity contribution is 6.39. The molecule has 2 aromatic carbocycles. The van der Waals surface area contributed by atoms with Gasteiger partial charge in [0.1, 0.15) is 18.1 Å². The zero-order valence-corrected chi connectivity index (χ0v) is 30.2. The Bertz CT molecular complexity index is 1970. The van der Waals surface area contributed by atoms with Crippen molar-refractivity contribution in [1.29, 1.82) is 0 Å². The van der Waals surface area contributed by atoms with Crippen LogP contribution in [0, 0.1) is 0 Å². The molecule has 2 saturated heterocycles. The molecule has 51 heavy (non-hydrogen) atoms. The minimum atomic E-state index is -0.128. The zero-order valence-electron chi connectivity index (χ0n) is 28.7. The lowest BCUT2D eigenvalue weighted by molar-refractivity contribution is -0.130. The van der Waals surface area contributed by atoms with Gasteiger partial charge in [0.25, 0.3) is 0 Å². The third kappa shape index (κ3) is 7.18. The number of halogens is 2. The van der Waals surface area contributed by atoms with Gasteiger partial charge in [-0.1, -0.05) is 59.6 Å². The van der Waals surface area contributed by atoms with E-state index in [1.165, 1.54) is 0 Å². The van der Waals surface area contributed by atoms with Crippen molar-refractivity contribution in [2.75, 3.05) is 53.6 Å². The zero-order chi connectivity index (χ0) is 35.6. The van der Waals surface area contributed by atoms with Crippen LogP contribution < -0.4 is 24.8 Å². The van der Waals surface area contributed by atoms with Crippen LogP contribution in [0.1, 0.15) is 37.1 Å². The predicted octanol–water partition coefficient (Wildman–Crippen LogP) is 5.16. The Morgan fingerprint density at radius 1 is 0.961 bits per heavy atom. The molecule has 7 rings (SSSR count). The Labute approximate surface area is 306 Å². The summed E-state index contributed by atoms with van der Waals surface area (Å²) in [5.74, 6) is 1.71. The van der Waals surface area contributed by atoms with Crippen molar-refractivity contribution in [2.24, 2.45) is 0 Å². The highest BCUT2D eigenvalue weighted by Gasteiger charge is 2.32. The Balaban J connectivity index is 1.14. The van der Waals surface area contributed by atoms with Gasteiger partial charge in [0.15, 0.2) is 0 Å². The molecule has 2 fully saturated rings. The van der Waals surface area contributed by atoms with Crippen LogP contribution in [0.25, 0.3) is 33.6 Å². The van der Waals surface area contributed by atoms with Crippen LogP contribution >= 0.6 is 23.2 Å². The van der Waals surface area contributed by atoms with Gasteiger partial charge >= 0.3 is 0 Å². The second-order valence-corrected chi connectivity index (χ2v) is 13.6. The van der Waals surface area contributed by atoms with Crippen molar-refractivity contribution in [1.82, 2.24) is 35.4 Å². The van der Waals surface area contributed by atoms with Gasteiger partial charge in [-0.05, 0) is 6.42 Å². The second kappa shape index (κ2) is 15.0. The maximum absolute atomic E-state index is 11.7. The molecule has 0 aliphatic carbocycles. The van der Waals surface area contributed by atoms with Crippen LogP contribution in [-0.2, 0) is 16.1 Å². The maximum atomic E-state index is 11.7. The highest BCUT2D eigenvalue weighted by Crippen LogP contribution is 2.45. The first-order valence-electron chi connectivity index (χ1n) is 16.9. The number of hydrogen-bond donors (Lipinski definition) is 2. The molecule has 0 radical (unpaired) electrons. The largest absolute Gasteiger partial charge is 0.491 e. The summed E-state index contributed by atoms with van der Waals surface area (Å²) in [4.78, 5) is 41.8. The van der Waals surface area contributed by atoms with E-state index in [9.17, 15) is 9.59 Å². The van der Waals surface area contributed by atoms with E-state index in [1.807, 2.05) is 47.4 Å². The van der Waals surface area contributed by atoms with Crippen molar-refractivity contribution in [3.63, 3.8) is 0 Å². The number of pyridine rings is 1. The predicted molar refractivity (Wildman–Crippen MR) is 194 cm³/mol. The lowest BCUT2D eigenvalue weighted by Crippen LogP contribution is -2.47. The molecule has 2 amide bonds. The molecule has 266 valence electrons. The number of nitrogens with zero attached hydrogens (tertiary/aromatic N) is 5. The fourth-order valence-corrected chi connectivity index (χ4v) is 7.53. The van der Waals surface area contributed by atoms with Gasteiger partial charge in [0.05, 0.1) is 53.5 Å². The van der Waals surface area contributed by atoms with E-state index in [-0.39, 0.29) is 23.9 Å². The quantitative estimate of drug-likeness (QED) is 0.226. The molecule has 4 aromatic rings. The number of fused-ring (bicyclic) bond motifs is 1. The number of nitrogens with one attached hydrogen (secondary N) is 2. The molecular weight excluding hydrogens is 693 g/mol. The molecule has 3 aliphatic heterocycles. The van der Waals surface area contributed by atoms with Crippen LogP contribution in [0.2, 0.25) is 10.0 Å². The molecule has 0 saturated carbocycles. The van der Waals surface area contributed by atoms with Gasteiger partial charge in [-0.15, -0.1) is 0 Å². The summed E-state index contributed by atoms with van der Waals surface area (Å²) in [5.41, 5.74) is 5.55. The van der Waals surface area contributed by atoms with E-state index in [4.69, 9.17) is 52.4 Å². The van der Waals surface area contributed by atoms with Crippen LogP contribution in [0.15, 0.2) is 48.7 Å². The lowest BCUT2D eigenvalue weighted by atomic mass is 9.98. The Hall–Kier alpha value is -4.49. The average molecular weight is 733 g/mol. The Kier molecular flexibility index (Phi) is 10.3. The third-order valence-electron chi connectivity index (χ3n) is 9.66. The van der Waals surface area contributed by atoms with Crippen LogP contribution in [-0.4, -0.2) is 96.2 Å². The van der Waals surface area contributed by atoms with Crippen LogP contribution in [0.4, 0.5) is 0 Å². The number of piperazine rings is 1. The monoisotopic (exact) mass is 731 g/mol. The maximum Gasteiger partial charge on any atom is 0.237 e. The van der Waals surface area contributed by atoms with Crippen molar-refractivity contribution in [3.8, 4) is 51.2 Å². The first-order chi connectivity index (χ1) is 24.7. The Morgan fingerprint density at radius 2 is 1.61 bits per heavy atom. The number of ether oxygens (including phenoxy) is 3. The number of hydrogen-bond acceptors (Lipinski definition) is 10. The number of rotatable bonds is 10. The lowest BCUT2D eigenvalue weighted by Gasteiger charge is -2.34. The van der Waals surface area contributed by atoms with E-state index in [0.717, 1.165) is 36.2 Å². The molecular formula is C37H39Cl2N7O5. The summed E-state index contributed by atoms with van der Waals surface area (Å²) in [6.07, 6.45) is 3.06. The molecule has 0 bridgehead atoms. The summed E-state index contributed by atoms with van der Waals surface area (Å²) in [5, 5.41) is 7.43. The highest BCUT2D eigenvalue weighted by atomic mass is 35.5. The second-order valence-electron chi connectivity index (χ2n) is 12.8. The molecule has 2 aromatic heterocycles. The number of carbonyl (C=O) groups is 2. The van der Waals surface area contributed by atoms with Gasteiger partial charge in [-0.25, -0.2) is 9.97 Å². The smallest absolute Gasteiger partial charge is 0.237 e. The molecule has 2 atom stereocenters. The van der Waals surface area contributed by atoms with Gasteiger partial charge in [0.2, 0.25) is 23.6 Å². The van der Waals surface area contributed by atoms with E-state index < -0.39 is 0 Å². The fraction of sp³-hybridized carbons (Fsp3) is 0.378. The molecule has 3 aliphatic rings. The van der Waals surface area contributed by atoms with Crippen molar-refractivity contribution in [3.05, 3.63) is 70.0 Å². The summed E-state index contributed by atoms with van der Waals surface area (Å²) in [6.45, 7) is 6.06. The number of amides is 2. The number of aromatic nitrogens is 3. The molecule has 2 N–H and O–H groups in total. The fourth-order valence-electron chi connectivity index (χ4n) is 6.88. The number of benzene rings is 2. The molecule has 2 unspecified atom stereocenters. The minimum Gasteiger partial charge on any atom is -0.491 e. The van der Waals surface area contributed by atoms with Gasteiger partial charge in [-0.3, -0.25) is 19.5 Å². The standard InChI is InChI=1S/C37H39Cl2N7O5/c1-21(47)46-14-12-45(13-15-46)19-29-36(49-2)44-28(18-41-29)26-9-5-7-24(35(26)39)23-6-4-8-25(34(23)38)27-16-31-33(37(43-27)50-3)30(20-51-31)40-17-22-10-11-32(48)42-22/h4-9,16,18,22,30,40H,10-15,17,19-20H2,1-3H3,(H,42,48). The molecule has 14 heteroatoms. The topological polar surface area (TPSA) is 131 Å². The van der Waals surface area contributed by atoms with Crippen molar-refractivity contribution >= 4 is 35.0 Å². The molecule has 0 spiro atoms. The van der Waals surface area contributed by atoms with Gasteiger partial charge in [0, 0.05) is 87.0 Å². The Morgan fingerprint density at radius 3 is 2.24 bits per heavy atom. The van der Waals surface area contributed by atoms with E-state index in [1.54, 1.807) is 27.3 Å². The summed E-state index contributed by atoms with van der Waals surface area (Å²) >= 11 is 14.3. The van der Waals surface area contributed by atoms with Crippen LogP contribution in [0.3, 0.4) is 0 Å². The number of methoxy groups -OCH3 is 2. The van der Waals surface area contributed by atoms with Crippen molar-refractivity contribution < 1.29 is 23.8 Å². The summed E-state index contributed by atoms with van der Waals surface area (Å²) in [6, 6.07) is 13.3. The normalized spacial score (nSPS) is 18.7. The summed E-state index contributed by atoms with van der Waals surface area (Å²) < 4.78 is 17.5. The van der Waals surface area contributed by atoms with E-state index in [0.29, 0.717) is 95.0 Å². The average Bonchev–Trinajstić information content (AvgIpc) is 3.76. The first kappa shape index (κ1) is 34.9. The molecule has 5 heterocycles. The van der Waals surface area contributed by atoms with Gasteiger partial charge < -0.3 is 29.7 Å². The van der Waals surface area contributed by atoms with E-state index in [2.05, 4.69) is 15.5 Å². The van der Waals surface area contributed by atoms with Crippen LogP contribution in [0.5, 0.6) is 17.5 Å². The van der Waals surface area contributed by atoms with Gasteiger partial charge in [-0.2, -0.15) is 0 Å². The minimum absolute atomic E-state index is 0.0813. The van der Waals surface area contributed by atoms with E-state index >= 15 is 0 Å².